The van der Waals surface area contributed by atoms with Crippen LogP contribution in [0.4, 0.5) is 13.2 Å². The monoisotopic (exact) mass is 272 g/mol. The maximum absolute atomic E-state index is 12.6. The highest BCUT2D eigenvalue weighted by atomic mass is 32.2. The van der Waals surface area contributed by atoms with Crippen molar-refractivity contribution in [2.45, 2.75) is 37.6 Å². The Kier molecular flexibility index (Phi) is 4.81. The number of rotatable bonds is 3. The van der Waals surface area contributed by atoms with Gasteiger partial charge >= 0.3 is 6.18 Å². The van der Waals surface area contributed by atoms with E-state index in [2.05, 4.69) is 19.2 Å². The van der Waals surface area contributed by atoms with E-state index in [4.69, 9.17) is 0 Å². The fraction of sp³-hybridized carbons (Fsp3) is 0.909. The predicted octanol–water partition coefficient (Wildman–Crippen LogP) is 4.17. The molecule has 0 N–H and O–H groups in total. The molecule has 0 saturated carbocycles. The summed E-state index contributed by atoms with van der Waals surface area (Å²) in [4.78, 5) is 0. The molecule has 0 aromatic heterocycles. The minimum absolute atomic E-state index is 0.0904. The highest BCUT2D eigenvalue weighted by molar-refractivity contribution is 8.15. The van der Waals surface area contributed by atoms with Crippen molar-refractivity contribution in [2.75, 3.05) is 17.8 Å². The first kappa shape index (κ1) is 14.4. The molecule has 2 atom stereocenters. The number of hydrogen-bond donors (Lipinski definition) is 0. The summed E-state index contributed by atoms with van der Waals surface area (Å²) < 4.78 is 37.9. The molecule has 0 nitrogen and oxygen atoms in total. The average molecular weight is 272 g/mol. The molecule has 0 spiro atoms. The maximum atomic E-state index is 12.6. The van der Waals surface area contributed by atoms with Gasteiger partial charge in [-0.1, -0.05) is 5.37 Å². The van der Waals surface area contributed by atoms with Crippen molar-refractivity contribution in [3.05, 3.63) is 0 Å². The quantitative estimate of drug-likeness (QED) is 0.695. The molecule has 1 aliphatic heterocycles. The normalized spacial score (nSPS) is 27.6. The van der Waals surface area contributed by atoms with E-state index in [9.17, 15) is 13.2 Å². The Balaban J connectivity index is 2.61. The summed E-state index contributed by atoms with van der Waals surface area (Å²) in [6, 6.07) is 0. The third-order valence-electron chi connectivity index (χ3n) is 2.83. The second-order valence-electron chi connectivity index (χ2n) is 4.79. The van der Waals surface area contributed by atoms with Crippen LogP contribution in [0.3, 0.4) is 0 Å². The van der Waals surface area contributed by atoms with Gasteiger partial charge in [0.25, 0.3) is 0 Å². The zero-order chi connectivity index (χ0) is 12.4. The van der Waals surface area contributed by atoms with E-state index in [1.165, 1.54) is 0 Å². The summed E-state index contributed by atoms with van der Waals surface area (Å²) in [6.45, 7) is 4.21. The number of alkyl halides is 3. The summed E-state index contributed by atoms with van der Waals surface area (Å²) in [5, 5.41) is 2.11. The summed E-state index contributed by atoms with van der Waals surface area (Å²) in [5.74, 6) is 0.118. The lowest BCUT2D eigenvalue weighted by Crippen LogP contribution is -2.30. The van der Waals surface area contributed by atoms with Crippen LogP contribution >= 0.6 is 22.2 Å². The van der Waals surface area contributed by atoms with Gasteiger partial charge in [-0.2, -0.15) is 35.4 Å². The van der Waals surface area contributed by atoms with Crippen molar-refractivity contribution >= 4 is 27.6 Å². The van der Waals surface area contributed by atoms with Gasteiger partial charge < -0.3 is 0 Å². The van der Waals surface area contributed by atoms with E-state index in [1.54, 1.807) is 11.8 Å². The van der Waals surface area contributed by atoms with Crippen LogP contribution in [0.1, 0.15) is 26.7 Å². The Morgan fingerprint density at radius 3 is 2.50 bits per heavy atom. The molecule has 1 aliphatic rings. The molecule has 0 aromatic rings. The van der Waals surface area contributed by atoms with Gasteiger partial charge in [-0.05, 0) is 38.7 Å². The Bertz CT molecular complexity index is 269. The van der Waals surface area contributed by atoms with E-state index in [1.807, 2.05) is 6.26 Å². The summed E-state index contributed by atoms with van der Waals surface area (Å²) >= 11 is 1.74. The SMILES string of the molecule is CSC(C)(C)CS1=CCCC(C(F)(F)F)C1. The smallest absolute Gasteiger partial charge is 0.188 e. The Morgan fingerprint density at radius 1 is 1.38 bits per heavy atom. The van der Waals surface area contributed by atoms with E-state index in [-0.39, 0.29) is 21.7 Å². The zero-order valence-electron chi connectivity index (χ0n) is 9.93. The van der Waals surface area contributed by atoms with Crippen LogP contribution in [0, 0.1) is 5.92 Å². The van der Waals surface area contributed by atoms with Crippen molar-refractivity contribution < 1.29 is 13.2 Å². The van der Waals surface area contributed by atoms with Crippen LogP contribution in [0.2, 0.25) is 0 Å². The molecule has 0 saturated heterocycles. The van der Waals surface area contributed by atoms with E-state index in [0.29, 0.717) is 12.2 Å². The van der Waals surface area contributed by atoms with Gasteiger partial charge in [0.1, 0.15) is 0 Å². The number of halogens is 3. The molecule has 0 aromatic carbocycles. The van der Waals surface area contributed by atoms with Crippen molar-refractivity contribution in [1.82, 2.24) is 0 Å². The van der Waals surface area contributed by atoms with Crippen LogP contribution in [-0.4, -0.2) is 34.1 Å². The van der Waals surface area contributed by atoms with Gasteiger partial charge in [0, 0.05) is 10.5 Å². The average Bonchev–Trinajstić information content (AvgIpc) is 2.16. The Morgan fingerprint density at radius 2 is 2.00 bits per heavy atom. The highest BCUT2D eigenvalue weighted by Gasteiger charge is 2.40. The lowest BCUT2D eigenvalue weighted by Gasteiger charge is -2.30. The second kappa shape index (κ2) is 5.34. The molecule has 0 bridgehead atoms. The largest absolute Gasteiger partial charge is 0.392 e. The Labute approximate surface area is 102 Å². The standard InChI is InChI=1S/C11H19F3S2/c1-10(2,15-3)8-16-6-4-5-9(7-16)11(12,13)14/h6,9H,4-5,7-8H2,1-3H3. The minimum atomic E-state index is -4.00. The Hall–Kier alpha value is 0.360. The van der Waals surface area contributed by atoms with Gasteiger partial charge in [0.2, 0.25) is 0 Å². The van der Waals surface area contributed by atoms with E-state index >= 15 is 0 Å². The fourth-order valence-electron chi connectivity index (χ4n) is 1.73. The van der Waals surface area contributed by atoms with Crippen molar-refractivity contribution in [2.24, 2.45) is 5.92 Å². The molecule has 0 fully saturated rings. The van der Waals surface area contributed by atoms with Gasteiger partial charge in [0.05, 0.1) is 5.92 Å². The summed E-state index contributed by atoms with van der Waals surface area (Å²) in [6.07, 6.45) is -1.07. The molecule has 0 radical (unpaired) electrons. The number of hydrogen-bond acceptors (Lipinski definition) is 1. The number of thioether (sulfide) groups is 1. The third-order valence-corrected chi connectivity index (χ3v) is 6.89. The van der Waals surface area contributed by atoms with Crippen LogP contribution in [0.15, 0.2) is 0 Å². The predicted molar refractivity (Wildman–Crippen MR) is 69.8 cm³/mol. The van der Waals surface area contributed by atoms with Crippen molar-refractivity contribution in [3.63, 3.8) is 0 Å². The molecule has 2 unspecified atom stereocenters. The molecular formula is C11H19F3S2. The van der Waals surface area contributed by atoms with Crippen molar-refractivity contribution in [3.8, 4) is 0 Å². The molecule has 96 valence electrons. The van der Waals surface area contributed by atoms with Gasteiger partial charge in [-0.15, -0.1) is 0 Å². The molecular weight excluding hydrogens is 253 g/mol. The minimum Gasteiger partial charge on any atom is -0.188 e. The first-order valence-corrected chi connectivity index (χ1v) is 8.21. The molecule has 1 heterocycles. The molecule has 16 heavy (non-hydrogen) atoms. The van der Waals surface area contributed by atoms with Crippen molar-refractivity contribution in [1.29, 1.82) is 0 Å². The summed E-state index contributed by atoms with van der Waals surface area (Å²) in [5.41, 5.74) is 0. The van der Waals surface area contributed by atoms with E-state index < -0.39 is 12.1 Å². The molecule has 0 amide bonds. The lowest BCUT2D eigenvalue weighted by molar-refractivity contribution is -0.169. The van der Waals surface area contributed by atoms with Crippen LogP contribution in [-0.2, 0) is 0 Å². The van der Waals surface area contributed by atoms with Gasteiger partial charge in [-0.25, -0.2) is 0 Å². The molecule has 1 rings (SSSR count). The van der Waals surface area contributed by atoms with Crippen LogP contribution in [0.5, 0.6) is 0 Å². The molecule has 5 heteroatoms. The first-order chi connectivity index (χ1) is 7.24. The summed E-state index contributed by atoms with van der Waals surface area (Å²) in [7, 11) is -0.156. The lowest BCUT2D eigenvalue weighted by atomic mass is 10.1. The topological polar surface area (TPSA) is 0 Å². The van der Waals surface area contributed by atoms with Crippen LogP contribution in [0.25, 0.3) is 0 Å². The third kappa shape index (κ3) is 4.32. The first-order valence-electron chi connectivity index (χ1n) is 5.36. The maximum Gasteiger partial charge on any atom is 0.392 e. The molecule has 0 aliphatic carbocycles. The van der Waals surface area contributed by atoms with Crippen LogP contribution < -0.4 is 0 Å². The van der Waals surface area contributed by atoms with Gasteiger partial charge in [0.15, 0.2) is 0 Å². The van der Waals surface area contributed by atoms with E-state index in [0.717, 1.165) is 5.75 Å². The zero-order valence-corrected chi connectivity index (χ0v) is 11.6. The van der Waals surface area contributed by atoms with Gasteiger partial charge in [-0.3, -0.25) is 0 Å². The highest BCUT2D eigenvalue weighted by Crippen LogP contribution is 2.40. The fourth-order valence-corrected chi connectivity index (χ4v) is 5.26. The second-order valence-corrected chi connectivity index (χ2v) is 8.34.